The van der Waals surface area contributed by atoms with Gasteiger partial charge in [0, 0.05) is 29.8 Å². The Balaban J connectivity index is 1.50. The highest BCUT2D eigenvalue weighted by Gasteiger charge is 2.29. The number of morpholine rings is 1. The summed E-state index contributed by atoms with van der Waals surface area (Å²) in [4.78, 5) is 28.8. The van der Waals surface area contributed by atoms with E-state index in [0.717, 1.165) is 6.07 Å². The van der Waals surface area contributed by atoms with Crippen molar-refractivity contribution in [2.45, 2.75) is 6.54 Å². The zero-order valence-corrected chi connectivity index (χ0v) is 20.7. The molecule has 1 amide bonds. The highest BCUT2D eigenvalue weighted by molar-refractivity contribution is 6.33. The van der Waals surface area contributed by atoms with Gasteiger partial charge in [-0.15, -0.1) is 0 Å². The summed E-state index contributed by atoms with van der Waals surface area (Å²) < 4.78 is 45.1. The molecule has 5 rings (SSSR count). The summed E-state index contributed by atoms with van der Waals surface area (Å²) in [6.07, 6.45) is 0. The van der Waals surface area contributed by atoms with Crippen molar-refractivity contribution in [3.63, 3.8) is 0 Å². The molecule has 0 spiro atoms. The summed E-state index contributed by atoms with van der Waals surface area (Å²) in [5.74, 6) is -1.75. The van der Waals surface area contributed by atoms with Gasteiger partial charge in [0.2, 0.25) is 0 Å². The minimum absolute atomic E-state index is 0.00737. The van der Waals surface area contributed by atoms with Gasteiger partial charge in [0.15, 0.2) is 6.73 Å². The number of fused-ring (bicyclic) bond motifs is 1. The standard InChI is InChI=1S/C27H23ClF2N2O5/c1-35-27(34)21-12-23(30)20(13-24(21)31-7-9-36-10-8-31)18-4-2-3-16-14-32(15-37-25(16)18)26(33)19-6-5-17(29)11-22(19)28/h2-6,11-13H,7-10,14-15H2,1H3. The number of benzene rings is 3. The minimum Gasteiger partial charge on any atom is -0.472 e. The number of ether oxygens (including phenoxy) is 3. The zero-order valence-electron chi connectivity index (χ0n) is 19.9. The average molecular weight is 529 g/mol. The first-order valence-electron chi connectivity index (χ1n) is 11.6. The Morgan fingerprint density at radius 1 is 1.00 bits per heavy atom. The third-order valence-electron chi connectivity index (χ3n) is 6.40. The Morgan fingerprint density at radius 3 is 2.51 bits per heavy atom. The van der Waals surface area contributed by atoms with Crippen molar-refractivity contribution < 1.29 is 32.6 Å². The minimum atomic E-state index is -0.633. The molecule has 0 bridgehead atoms. The fourth-order valence-corrected chi connectivity index (χ4v) is 4.80. The molecule has 37 heavy (non-hydrogen) atoms. The quantitative estimate of drug-likeness (QED) is 0.449. The van der Waals surface area contributed by atoms with E-state index in [1.54, 1.807) is 24.3 Å². The molecule has 0 saturated carbocycles. The van der Waals surface area contributed by atoms with Crippen LogP contribution in [0.2, 0.25) is 5.02 Å². The van der Waals surface area contributed by atoms with Gasteiger partial charge in [-0.05, 0) is 30.3 Å². The van der Waals surface area contributed by atoms with Crippen LogP contribution in [0, 0.1) is 11.6 Å². The molecule has 0 aromatic heterocycles. The summed E-state index contributed by atoms with van der Waals surface area (Å²) in [6, 6.07) is 11.7. The molecule has 0 unspecified atom stereocenters. The molecule has 10 heteroatoms. The summed E-state index contributed by atoms with van der Waals surface area (Å²) >= 11 is 6.08. The van der Waals surface area contributed by atoms with Crippen LogP contribution in [-0.2, 0) is 16.0 Å². The molecule has 1 fully saturated rings. The lowest BCUT2D eigenvalue weighted by molar-refractivity contribution is 0.0515. The maximum atomic E-state index is 15.4. The van der Waals surface area contributed by atoms with Crippen LogP contribution in [0.1, 0.15) is 26.3 Å². The van der Waals surface area contributed by atoms with Crippen molar-refractivity contribution in [2.24, 2.45) is 0 Å². The Bertz CT molecular complexity index is 1380. The molecule has 0 N–H and O–H groups in total. The highest BCUT2D eigenvalue weighted by Crippen LogP contribution is 2.40. The molecule has 3 aromatic rings. The zero-order chi connectivity index (χ0) is 26.1. The Morgan fingerprint density at radius 2 is 1.78 bits per heavy atom. The van der Waals surface area contributed by atoms with Gasteiger partial charge in [-0.25, -0.2) is 13.6 Å². The van der Waals surface area contributed by atoms with Gasteiger partial charge < -0.3 is 24.0 Å². The van der Waals surface area contributed by atoms with Gasteiger partial charge in [-0.3, -0.25) is 4.79 Å². The number of hydrogen-bond donors (Lipinski definition) is 0. The van der Waals surface area contributed by atoms with Crippen LogP contribution in [0.4, 0.5) is 14.5 Å². The van der Waals surface area contributed by atoms with E-state index in [4.69, 9.17) is 25.8 Å². The highest BCUT2D eigenvalue weighted by atomic mass is 35.5. The fraction of sp³-hybridized carbons (Fsp3) is 0.259. The Hall–Kier alpha value is -3.69. The van der Waals surface area contributed by atoms with E-state index in [2.05, 4.69) is 0 Å². The SMILES string of the molecule is COC(=O)c1cc(F)c(-c2cccc3c2OCN(C(=O)c2ccc(F)cc2Cl)C3)cc1N1CCOCC1. The van der Waals surface area contributed by atoms with E-state index >= 15 is 4.39 Å². The number of carbonyl (C=O) groups is 2. The lowest BCUT2D eigenvalue weighted by atomic mass is 9.97. The van der Waals surface area contributed by atoms with Crippen LogP contribution >= 0.6 is 11.6 Å². The molecular formula is C27H23ClF2N2O5. The Labute approximate surface area is 217 Å². The van der Waals surface area contributed by atoms with Crippen LogP contribution in [0.5, 0.6) is 5.75 Å². The molecule has 2 heterocycles. The van der Waals surface area contributed by atoms with E-state index in [1.807, 2.05) is 4.90 Å². The van der Waals surface area contributed by atoms with Crippen LogP contribution in [0.25, 0.3) is 11.1 Å². The van der Waals surface area contributed by atoms with Crippen LogP contribution in [0.15, 0.2) is 48.5 Å². The van der Waals surface area contributed by atoms with Crippen molar-refractivity contribution in [1.82, 2.24) is 4.90 Å². The van der Waals surface area contributed by atoms with Crippen LogP contribution in [-0.4, -0.2) is 56.9 Å². The maximum absolute atomic E-state index is 15.4. The molecule has 0 radical (unpaired) electrons. The number of hydrogen-bond acceptors (Lipinski definition) is 6. The van der Waals surface area contributed by atoms with Crippen molar-refractivity contribution >= 4 is 29.2 Å². The maximum Gasteiger partial charge on any atom is 0.340 e. The van der Waals surface area contributed by atoms with Gasteiger partial charge in [-0.1, -0.05) is 29.8 Å². The molecule has 192 valence electrons. The first kappa shape index (κ1) is 25.0. The second-order valence-electron chi connectivity index (χ2n) is 8.63. The van der Waals surface area contributed by atoms with Gasteiger partial charge in [-0.2, -0.15) is 0 Å². The number of amides is 1. The number of esters is 1. The summed E-state index contributed by atoms with van der Waals surface area (Å²) in [6.45, 7) is 2.14. The van der Waals surface area contributed by atoms with Crippen LogP contribution in [0.3, 0.4) is 0 Å². The molecular weight excluding hydrogens is 506 g/mol. The van der Waals surface area contributed by atoms with Crippen molar-refractivity contribution in [1.29, 1.82) is 0 Å². The van der Waals surface area contributed by atoms with E-state index in [0.29, 0.717) is 48.9 Å². The first-order valence-corrected chi connectivity index (χ1v) is 12.0. The van der Waals surface area contributed by atoms with Crippen molar-refractivity contribution in [3.8, 4) is 16.9 Å². The van der Waals surface area contributed by atoms with E-state index in [1.165, 1.54) is 30.2 Å². The second-order valence-corrected chi connectivity index (χ2v) is 9.04. The largest absolute Gasteiger partial charge is 0.472 e. The summed E-state index contributed by atoms with van der Waals surface area (Å²) in [5.41, 5.74) is 2.25. The smallest absolute Gasteiger partial charge is 0.340 e. The molecule has 1 saturated heterocycles. The first-order chi connectivity index (χ1) is 17.9. The molecule has 2 aliphatic rings. The predicted octanol–water partition coefficient (Wildman–Crippen LogP) is 4.90. The third kappa shape index (κ3) is 4.84. The van der Waals surface area contributed by atoms with Crippen LogP contribution < -0.4 is 9.64 Å². The monoisotopic (exact) mass is 528 g/mol. The molecule has 0 aliphatic carbocycles. The normalized spacial score (nSPS) is 15.1. The number of anilines is 1. The fourth-order valence-electron chi connectivity index (χ4n) is 4.56. The summed E-state index contributed by atoms with van der Waals surface area (Å²) in [7, 11) is 1.25. The molecule has 3 aromatic carbocycles. The number of para-hydroxylation sites is 1. The lowest BCUT2D eigenvalue weighted by Gasteiger charge is -2.32. The third-order valence-corrected chi connectivity index (χ3v) is 6.72. The summed E-state index contributed by atoms with van der Waals surface area (Å²) in [5, 5.41) is 0.00737. The van der Waals surface area contributed by atoms with E-state index in [-0.39, 0.29) is 35.0 Å². The predicted molar refractivity (Wildman–Crippen MR) is 133 cm³/mol. The lowest BCUT2D eigenvalue weighted by Crippen LogP contribution is -2.37. The Kier molecular flexibility index (Phi) is 6.99. The topological polar surface area (TPSA) is 68.3 Å². The number of carbonyl (C=O) groups excluding carboxylic acids is 2. The molecule has 7 nitrogen and oxygen atoms in total. The van der Waals surface area contributed by atoms with Gasteiger partial charge in [0.1, 0.15) is 17.4 Å². The van der Waals surface area contributed by atoms with Gasteiger partial charge >= 0.3 is 5.97 Å². The second kappa shape index (κ2) is 10.4. The molecule has 2 aliphatic heterocycles. The number of rotatable bonds is 4. The number of halogens is 3. The van der Waals surface area contributed by atoms with Gasteiger partial charge in [0.25, 0.3) is 5.91 Å². The number of nitrogens with zero attached hydrogens (tertiary/aromatic N) is 2. The average Bonchev–Trinajstić information content (AvgIpc) is 2.92. The van der Waals surface area contributed by atoms with Gasteiger partial charge in [0.05, 0.1) is 48.7 Å². The van der Waals surface area contributed by atoms with E-state index in [9.17, 15) is 14.0 Å². The number of methoxy groups -OCH3 is 1. The van der Waals surface area contributed by atoms with E-state index < -0.39 is 23.5 Å². The molecule has 0 atom stereocenters. The van der Waals surface area contributed by atoms with Crippen molar-refractivity contribution in [2.75, 3.05) is 45.0 Å². The van der Waals surface area contributed by atoms with Crippen molar-refractivity contribution in [3.05, 3.63) is 81.9 Å².